The smallest absolute Gasteiger partial charge is 0.417 e. The summed E-state index contributed by atoms with van der Waals surface area (Å²) in [6.45, 7) is 9.30. The third kappa shape index (κ3) is 5.72. The first-order chi connectivity index (χ1) is 21.0. The molecule has 0 atom stereocenters. The van der Waals surface area contributed by atoms with Crippen molar-refractivity contribution in [2.24, 2.45) is 7.05 Å². The third-order valence-electron chi connectivity index (χ3n) is 7.80. The number of nitrogens with zero attached hydrogens (tertiary/aromatic N) is 6. The van der Waals surface area contributed by atoms with E-state index in [9.17, 15) is 9.59 Å². The molecule has 11 nitrogen and oxygen atoms in total. The number of benzene rings is 1. The number of rotatable bonds is 6. The fourth-order valence-electron chi connectivity index (χ4n) is 5.85. The molecule has 5 heterocycles. The van der Waals surface area contributed by atoms with Crippen LogP contribution in [0.4, 0.5) is 21.9 Å². The quantitative estimate of drug-likeness (QED) is 0.322. The van der Waals surface area contributed by atoms with Crippen molar-refractivity contribution >= 4 is 40.1 Å². The van der Waals surface area contributed by atoms with E-state index in [1.165, 1.54) is 11.3 Å². The molecule has 2 aliphatic heterocycles. The molecule has 4 aromatic rings. The first kappa shape index (κ1) is 29.6. The maximum absolute atomic E-state index is 14.0. The fraction of sp³-hybridized carbons (Fsp3) is 0.394. The minimum atomic E-state index is -0.749. The zero-order chi connectivity index (χ0) is 31.2. The summed E-state index contributed by atoms with van der Waals surface area (Å²) in [5, 5.41) is 4.40. The molecule has 0 bridgehead atoms. The molecule has 44 heavy (non-hydrogen) atoms. The lowest BCUT2D eigenvalue weighted by Gasteiger charge is -2.31. The number of morpholine rings is 1. The van der Waals surface area contributed by atoms with Gasteiger partial charge in [-0.25, -0.2) is 14.7 Å². The lowest BCUT2D eigenvalue weighted by Crippen LogP contribution is -2.37. The Kier molecular flexibility index (Phi) is 7.77. The van der Waals surface area contributed by atoms with Crippen LogP contribution in [0, 0.1) is 0 Å². The van der Waals surface area contributed by atoms with Crippen LogP contribution in [0.1, 0.15) is 42.3 Å². The average Bonchev–Trinajstić information content (AvgIpc) is 3.53. The summed E-state index contributed by atoms with van der Waals surface area (Å²) < 4.78 is 13.1. The maximum atomic E-state index is 14.0. The second-order valence-electron chi connectivity index (χ2n) is 12.6. The molecule has 0 saturated carbocycles. The van der Waals surface area contributed by atoms with Crippen molar-refractivity contribution in [3.63, 3.8) is 0 Å². The van der Waals surface area contributed by atoms with Crippen molar-refractivity contribution in [3.05, 3.63) is 65.6 Å². The van der Waals surface area contributed by atoms with Crippen LogP contribution >= 0.6 is 0 Å². The average molecular weight is 598 g/mol. The first-order valence-electron chi connectivity index (χ1n) is 14.8. The number of hydrogen-bond donors (Lipinski definition) is 1. The van der Waals surface area contributed by atoms with Gasteiger partial charge in [0.2, 0.25) is 0 Å². The minimum absolute atomic E-state index is 0.0698. The van der Waals surface area contributed by atoms with Crippen molar-refractivity contribution in [3.8, 4) is 11.3 Å². The highest BCUT2D eigenvalue weighted by Crippen LogP contribution is 2.39. The van der Waals surface area contributed by atoms with Gasteiger partial charge in [-0.1, -0.05) is 0 Å². The first-order valence-corrected chi connectivity index (χ1v) is 14.8. The van der Waals surface area contributed by atoms with E-state index >= 15 is 0 Å². The van der Waals surface area contributed by atoms with Gasteiger partial charge in [0.25, 0.3) is 5.91 Å². The summed E-state index contributed by atoms with van der Waals surface area (Å²) in [5.74, 6) is -0.433. The van der Waals surface area contributed by atoms with E-state index in [1.54, 1.807) is 33.2 Å². The number of carbonyl (C=O) groups excluding carboxylic acids is 2. The summed E-state index contributed by atoms with van der Waals surface area (Å²) in [7, 11) is 6.03. The molecule has 11 heteroatoms. The van der Waals surface area contributed by atoms with Gasteiger partial charge in [-0.05, 0) is 70.8 Å². The van der Waals surface area contributed by atoms with Crippen molar-refractivity contribution in [1.29, 1.82) is 0 Å². The highest BCUT2D eigenvalue weighted by molar-refractivity contribution is 6.12. The number of aromatic nitrogens is 3. The molecule has 6 rings (SSSR count). The van der Waals surface area contributed by atoms with E-state index in [0.717, 1.165) is 46.8 Å². The molecule has 3 aromatic heterocycles. The van der Waals surface area contributed by atoms with Gasteiger partial charge in [0.1, 0.15) is 11.2 Å². The molecule has 0 unspecified atom stereocenters. The molecule has 230 valence electrons. The van der Waals surface area contributed by atoms with Gasteiger partial charge in [0.05, 0.1) is 42.9 Å². The molecular formula is C33H39N7O4. The normalized spacial score (nSPS) is 15.3. The molecule has 1 saturated heterocycles. The minimum Gasteiger partial charge on any atom is -0.443 e. The van der Waals surface area contributed by atoms with E-state index in [-0.39, 0.29) is 6.54 Å². The molecule has 0 radical (unpaired) electrons. The zero-order valence-corrected chi connectivity index (χ0v) is 26.2. The zero-order valence-electron chi connectivity index (χ0n) is 26.2. The number of nitrogens with one attached hydrogen (secondary N) is 1. The maximum Gasteiger partial charge on any atom is 0.417 e. The van der Waals surface area contributed by atoms with Crippen LogP contribution in [0.5, 0.6) is 0 Å². The van der Waals surface area contributed by atoms with E-state index in [1.807, 2.05) is 36.0 Å². The van der Waals surface area contributed by atoms with Crippen LogP contribution in [0.3, 0.4) is 0 Å². The molecule has 1 aromatic carbocycles. The van der Waals surface area contributed by atoms with Gasteiger partial charge >= 0.3 is 6.09 Å². The van der Waals surface area contributed by atoms with E-state index < -0.39 is 17.6 Å². The molecule has 0 spiro atoms. The van der Waals surface area contributed by atoms with Crippen LogP contribution in [0.25, 0.3) is 22.3 Å². The highest BCUT2D eigenvalue weighted by Gasteiger charge is 2.39. The van der Waals surface area contributed by atoms with Gasteiger partial charge in [-0.15, -0.1) is 0 Å². The Hall–Kier alpha value is -4.48. The Morgan fingerprint density at radius 1 is 1.11 bits per heavy atom. The lowest BCUT2D eigenvalue weighted by molar-refractivity contribution is 0.0248. The van der Waals surface area contributed by atoms with Crippen LogP contribution in [0.15, 0.2) is 48.9 Å². The van der Waals surface area contributed by atoms with Crippen LogP contribution in [0.2, 0.25) is 0 Å². The summed E-state index contributed by atoms with van der Waals surface area (Å²) >= 11 is 0. The number of amides is 2. The summed E-state index contributed by atoms with van der Waals surface area (Å²) in [5.41, 5.74) is 6.29. The number of ether oxygens (including phenoxy) is 2. The predicted octanol–water partition coefficient (Wildman–Crippen LogP) is 5.17. The summed E-state index contributed by atoms with van der Waals surface area (Å²) in [6, 6.07) is 10.1. The Morgan fingerprint density at radius 3 is 2.61 bits per heavy atom. The molecule has 1 N–H and O–H groups in total. The molecule has 2 amide bonds. The summed E-state index contributed by atoms with van der Waals surface area (Å²) in [4.78, 5) is 42.2. The van der Waals surface area contributed by atoms with E-state index in [0.29, 0.717) is 35.7 Å². The fourth-order valence-corrected chi connectivity index (χ4v) is 5.85. The second-order valence-corrected chi connectivity index (χ2v) is 12.6. The molecule has 2 aliphatic rings. The monoisotopic (exact) mass is 597 g/mol. The van der Waals surface area contributed by atoms with Crippen molar-refractivity contribution in [2.45, 2.75) is 39.5 Å². The third-order valence-corrected chi connectivity index (χ3v) is 7.80. The molecule has 0 aliphatic carbocycles. The number of fused-ring (bicyclic) bond motifs is 2. The van der Waals surface area contributed by atoms with Crippen molar-refractivity contribution in [2.75, 3.05) is 50.6 Å². The highest BCUT2D eigenvalue weighted by atomic mass is 16.6. The Morgan fingerprint density at radius 2 is 1.89 bits per heavy atom. The topological polar surface area (TPSA) is 105 Å². The van der Waals surface area contributed by atoms with Gasteiger partial charge in [0, 0.05) is 67.0 Å². The second kappa shape index (κ2) is 11.5. The van der Waals surface area contributed by atoms with Crippen LogP contribution in [-0.4, -0.2) is 82.3 Å². The lowest BCUT2D eigenvalue weighted by atomic mass is 10.00. The number of pyridine rings is 2. The number of aryl methyl sites for hydroxylation is 1. The van der Waals surface area contributed by atoms with Crippen molar-refractivity contribution < 1.29 is 19.1 Å². The van der Waals surface area contributed by atoms with Gasteiger partial charge in [-0.2, -0.15) is 0 Å². The van der Waals surface area contributed by atoms with Crippen LogP contribution < -0.4 is 10.2 Å². The van der Waals surface area contributed by atoms with E-state index in [4.69, 9.17) is 14.5 Å². The van der Waals surface area contributed by atoms with Crippen LogP contribution in [-0.2, 0) is 29.6 Å². The van der Waals surface area contributed by atoms with Gasteiger partial charge in [0.15, 0.2) is 0 Å². The van der Waals surface area contributed by atoms with Gasteiger partial charge in [-0.3, -0.25) is 9.78 Å². The summed E-state index contributed by atoms with van der Waals surface area (Å²) in [6.07, 6.45) is 4.71. The number of imide groups is 1. The standard InChI is InChI=1S/C33H39N7O4/c1-33(2,3)44-32(42)40-20-25-26(36-22-7-8-27(21(17-22)19-37(4)5)39-13-15-43-16-14-39)18-35-29(28(25)31(40)41)23-9-11-34-30-24(23)10-12-38(30)6/h7-12,17-18,36H,13-16,19-20H2,1-6H3. The van der Waals surface area contributed by atoms with Crippen molar-refractivity contribution in [1.82, 2.24) is 24.3 Å². The SMILES string of the molecule is CN(C)Cc1cc(Nc2cnc(-c3ccnc4c3ccn4C)c3c2CN(C(=O)OC(C)(C)C)C3=O)ccc1N1CCOCC1. The number of hydrogen-bond acceptors (Lipinski definition) is 9. The van der Waals surface area contributed by atoms with Gasteiger partial charge < -0.3 is 29.2 Å². The Balaban J connectivity index is 1.42. The largest absolute Gasteiger partial charge is 0.443 e. The number of anilines is 3. The molecular weight excluding hydrogens is 558 g/mol. The Labute approximate surface area is 257 Å². The number of carbonyl (C=O) groups is 2. The predicted molar refractivity (Wildman–Crippen MR) is 170 cm³/mol. The Bertz CT molecular complexity index is 1730. The molecule has 1 fully saturated rings. The van der Waals surface area contributed by atoms with E-state index in [2.05, 4.69) is 46.3 Å².